The first-order valence-corrected chi connectivity index (χ1v) is 6.42. The molecule has 0 saturated carbocycles. The number of aliphatic hydroxyl groups is 1. The molecule has 0 aromatic rings. The number of nitrogens with one attached hydrogen (secondary N) is 1. The van der Waals surface area contributed by atoms with E-state index >= 15 is 0 Å². The van der Waals surface area contributed by atoms with Gasteiger partial charge in [0.05, 0.1) is 6.61 Å². The second-order valence-electron chi connectivity index (χ2n) is 3.74. The zero-order valence-corrected chi connectivity index (χ0v) is 9.91. The molecule has 0 amide bonds. The molecule has 0 heterocycles. The van der Waals surface area contributed by atoms with Crippen LogP contribution in [0.25, 0.3) is 0 Å². The average molecular weight is 205 g/mol. The van der Waals surface area contributed by atoms with Crippen LogP contribution >= 0.6 is 11.8 Å². The molecule has 0 spiro atoms. The van der Waals surface area contributed by atoms with Gasteiger partial charge in [-0.25, -0.2) is 0 Å². The minimum atomic E-state index is -0.0637. The molecule has 0 rings (SSSR count). The van der Waals surface area contributed by atoms with Crippen LogP contribution in [-0.4, -0.2) is 35.8 Å². The van der Waals surface area contributed by atoms with E-state index in [1.54, 1.807) is 0 Å². The summed E-state index contributed by atoms with van der Waals surface area (Å²) in [5.41, 5.74) is -0.0637. The standard InChI is InChI=1S/C10H23NOS/c1-4-7-11-10(2,9-12)6-5-8-13-3/h11-12H,4-9H2,1-3H3. The van der Waals surface area contributed by atoms with Gasteiger partial charge in [0.2, 0.25) is 0 Å². The fourth-order valence-corrected chi connectivity index (χ4v) is 1.69. The fourth-order valence-electron chi connectivity index (χ4n) is 1.26. The van der Waals surface area contributed by atoms with Crippen molar-refractivity contribution in [2.45, 2.75) is 38.6 Å². The van der Waals surface area contributed by atoms with Crippen LogP contribution in [0, 0.1) is 0 Å². The molecule has 1 unspecified atom stereocenters. The van der Waals surface area contributed by atoms with Gasteiger partial charge in [-0.2, -0.15) is 11.8 Å². The summed E-state index contributed by atoms with van der Waals surface area (Å²) < 4.78 is 0. The van der Waals surface area contributed by atoms with Crippen LogP contribution in [0.5, 0.6) is 0 Å². The van der Waals surface area contributed by atoms with Crippen molar-refractivity contribution < 1.29 is 5.11 Å². The Labute approximate surface area is 86.5 Å². The van der Waals surface area contributed by atoms with Crippen LogP contribution < -0.4 is 5.32 Å². The molecule has 0 aliphatic rings. The lowest BCUT2D eigenvalue weighted by Gasteiger charge is -2.28. The molecule has 80 valence electrons. The molecule has 0 aromatic carbocycles. The molecule has 2 N–H and O–H groups in total. The monoisotopic (exact) mass is 205 g/mol. The number of thioether (sulfide) groups is 1. The molecule has 0 bridgehead atoms. The summed E-state index contributed by atoms with van der Waals surface area (Å²) in [5, 5.41) is 12.6. The van der Waals surface area contributed by atoms with Crippen LogP contribution in [0.2, 0.25) is 0 Å². The van der Waals surface area contributed by atoms with Crippen molar-refractivity contribution in [3.8, 4) is 0 Å². The predicted octanol–water partition coefficient (Wildman–Crippen LogP) is 1.88. The maximum absolute atomic E-state index is 9.24. The third-order valence-electron chi connectivity index (χ3n) is 2.23. The second kappa shape index (κ2) is 7.65. The van der Waals surface area contributed by atoms with E-state index in [1.165, 1.54) is 12.2 Å². The Morgan fingerprint density at radius 3 is 2.62 bits per heavy atom. The van der Waals surface area contributed by atoms with Gasteiger partial charge in [0, 0.05) is 5.54 Å². The average Bonchev–Trinajstić information content (AvgIpc) is 2.15. The van der Waals surface area contributed by atoms with Gasteiger partial charge < -0.3 is 10.4 Å². The normalized spacial score (nSPS) is 15.7. The van der Waals surface area contributed by atoms with Crippen molar-refractivity contribution in [2.75, 3.05) is 25.2 Å². The summed E-state index contributed by atoms with van der Waals surface area (Å²) in [5.74, 6) is 1.18. The maximum Gasteiger partial charge on any atom is 0.0610 e. The SMILES string of the molecule is CCCNC(C)(CO)CCCSC. The molecule has 3 heteroatoms. The predicted molar refractivity (Wildman–Crippen MR) is 61.4 cm³/mol. The van der Waals surface area contributed by atoms with E-state index in [2.05, 4.69) is 25.4 Å². The summed E-state index contributed by atoms with van der Waals surface area (Å²) in [6, 6.07) is 0. The highest BCUT2D eigenvalue weighted by Crippen LogP contribution is 2.13. The molecule has 0 aliphatic carbocycles. The quantitative estimate of drug-likeness (QED) is 0.593. The topological polar surface area (TPSA) is 32.3 Å². The van der Waals surface area contributed by atoms with Gasteiger partial charge in [-0.1, -0.05) is 6.92 Å². The summed E-state index contributed by atoms with van der Waals surface area (Å²) in [6.07, 6.45) is 5.48. The van der Waals surface area contributed by atoms with E-state index in [4.69, 9.17) is 0 Å². The minimum absolute atomic E-state index is 0.0637. The zero-order chi connectivity index (χ0) is 10.2. The van der Waals surface area contributed by atoms with E-state index < -0.39 is 0 Å². The van der Waals surface area contributed by atoms with Crippen molar-refractivity contribution in [3.05, 3.63) is 0 Å². The molecule has 1 atom stereocenters. The van der Waals surface area contributed by atoms with Gasteiger partial charge in [0.15, 0.2) is 0 Å². The lowest BCUT2D eigenvalue weighted by Crippen LogP contribution is -2.46. The summed E-state index contributed by atoms with van der Waals surface area (Å²) in [6.45, 7) is 5.48. The van der Waals surface area contributed by atoms with Crippen LogP contribution in [0.4, 0.5) is 0 Å². The van der Waals surface area contributed by atoms with E-state index in [1.807, 2.05) is 11.8 Å². The molecular weight excluding hydrogens is 182 g/mol. The molecule has 13 heavy (non-hydrogen) atoms. The maximum atomic E-state index is 9.24. The van der Waals surface area contributed by atoms with E-state index in [0.29, 0.717) is 0 Å². The summed E-state index contributed by atoms with van der Waals surface area (Å²) in [7, 11) is 0. The molecule has 0 aromatic heterocycles. The first-order valence-electron chi connectivity index (χ1n) is 5.03. The van der Waals surface area contributed by atoms with Gasteiger partial charge in [0.25, 0.3) is 0 Å². The number of rotatable bonds is 8. The first kappa shape index (κ1) is 13.3. The fraction of sp³-hybridized carbons (Fsp3) is 1.00. The van der Waals surface area contributed by atoms with E-state index in [9.17, 15) is 5.11 Å². The van der Waals surface area contributed by atoms with Crippen LogP contribution in [-0.2, 0) is 0 Å². The number of hydrogen-bond donors (Lipinski definition) is 2. The summed E-state index contributed by atoms with van der Waals surface area (Å²) in [4.78, 5) is 0. The van der Waals surface area contributed by atoms with Crippen molar-refractivity contribution in [3.63, 3.8) is 0 Å². The minimum Gasteiger partial charge on any atom is -0.394 e. The lowest BCUT2D eigenvalue weighted by molar-refractivity contribution is 0.165. The third kappa shape index (κ3) is 6.36. The Balaban J connectivity index is 3.67. The van der Waals surface area contributed by atoms with Crippen LogP contribution in [0.3, 0.4) is 0 Å². The van der Waals surface area contributed by atoms with Gasteiger partial charge in [-0.15, -0.1) is 0 Å². The van der Waals surface area contributed by atoms with E-state index in [0.717, 1.165) is 19.4 Å². The summed E-state index contributed by atoms with van der Waals surface area (Å²) >= 11 is 1.87. The molecule has 0 saturated heterocycles. The highest BCUT2D eigenvalue weighted by atomic mass is 32.2. The smallest absolute Gasteiger partial charge is 0.0610 e. The Hall–Kier alpha value is 0.270. The van der Waals surface area contributed by atoms with Crippen molar-refractivity contribution in [1.29, 1.82) is 0 Å². The molecule has 0 aliphatic heterocycles. The Bertz CT molecular complexity index is 121. The Morgan fingerprint density at radius 2 is 2.15 bits per heavy atom. The van der Waals surface area contributed by atoms with Gasteiger partial charge in [0.1, 0.15) is 0 Å². The molecule has 0 fully saturated rings. The van der Waals surface area contributed by atoms with Crippen molar-refractivity contribution in [2.24, 2.45) is 0 Å². The van der Waals surface area contributed by atoms with Crippen LogP contribution in [0.15, 0.2) is 0 Å². The van der Waals surface area contributed by atoms with E-state index in [-0.39, 0.29) is 12.1 Å². The third-order valence-corrected chi connectivity index (χ3v) is 2.92. The Morgan fingerprint density at radius 1 is 1.46 bits per heavy atom. The van der Waals surface area contributed by atoms with Crippen molar-refractivity contribution >= 4 is 11.8 Å². The van der Waals surface area contributed by atoms with Gasteiger partial charge in [-0.05, 0) is 44.7 Å². The number of hydrogen-bond acceptors (Lipinski definition) is 3. The highest BCUT2D eigenvalue weighted by Gasteiger charge is 2.20. The van der Waals surface area contributed by atoms with Gasteiger partial charge in [-0.3, -0.25) is 0 Å². The largest absolute Gasteiger partial charge is 0.394 e. The molecule has 0 radical (unpaired) electrons. The highest BCUT2D eigenvalue weighted by molar-refractivity contribution is 7.98. The Kier molecular flexibility index (Phi) is 7.81. The van der Waals surface area contributed by atoms with Gasteiger partial charge >= 0.3 is 0 Å². The second-order valence-corrected chi connectivity index (χ2v) is 4.73. The zero-order valence-electron chi connectivity index (χ0n) is 9.10. The molecule has 2 nitrogen and oxygen atoms in total. The number of aliphatic hydroxyl groups excluding tert-OH is 1. The first-order chi connectivity index (χ1) is 6.18. The van der Waals surface area contributed by atoms with Crippen molar-refractivity contribution in [1.82, 2.24) is 5.32 Å². The molecular formula is C10H23NOS. The van der Waals surface area contributed by atoms with Crippen LogP contribution in [0.1, 0.15) is 33.1 Å². The lowest BCUT2D eigenvalue weighted by atomic mass is 9.97.